The molecule has 6 nitrogen and oxygen atoms in total. The fraction of sp³-hybridized carbons (Fsp3) is 0.316. The van der Waals surface area contributed by atoms with Gasteiger partial charge in [0.25, 0.3) is 5.56 Å². The van der Waals surface area contributed by atoms with E-state index in [1.165, 1.54) is 0 Å². The van der Waals surface area contributed by atoms with E-state index in [4.69, 9.17) is 9.26 Å². The van der Waals surface area contributed by atoms with Crippen LogP contribution in [0.15, 0.2) is 45.8 Å². The number of hydrogen-bond donors (Lipinski definition) is 0. The van der Waals surface area contributed by atoms with Gasteiger partial charge in [-0.25, -0.2) is 0 Å². The van der Waals surface area contributed by atoms with Crippen LogP contribution in [0.25, 0.3) is 11.4 Å². The van der Waals surface area contributed by atoms with E-state index in [9.17, 15) is 4.79 Å². The fourth-order valence-corrected chi connectivity index (χ4v) is 2.91. The summed E-state index contributed by atoms with van der Waals surface area (Å²) in [5.74, 6) is 1.66. The van der Waals surface area contributed by atoms with Gasteiger partial charge in [0.2, 0.25) is 11.7 Å². The van der Waals surface area contributed by atoms with E-state index in [1.54, 1.807) is 17.7 Å². The summed E-state index contributed by atoms with van der Waals surface area (Å²) in [6.45, 7) is 2.01. The van der Waals surface area contributed by atoms with Gasteiger partial charge in [-0.2, -0.15) is 4.98 Å². The molecule has 3 aromatic rings. The molecular weight excluding hydrogens is 318 g/mol. The Bertz CT molecular complexity index is 970. The summed E-state index contributed by atoms with van der Waals surface area (Å²) < 4.78 is 12.4. The normalized spacial score (nSPS) is 13.8. The fourth-order valence-electron chi connectivity index (χ4n) is 2.91. The highest BCUT2D eigenvalue weighted by molar-refractivity contribution is 5.52. The molecule has 1 aromatic carbocycles. The zero-order chi connectivity index (χ0) is 17.4. The summed E-state index contributed by atoms with van der Waals surface area (Å²) in [4.78, 5) is 17.0. The molecule has 2 heterocycles. The molecule has 25 heavy (non-hydrogen) atoms. The molecule has 0 N–H and O–H groups in total. The van der Waals surface area contributed by atoms with Gasteiger partial charge in [-0.05, 0) is 55.2 Å². The van der Waals surface area contributed by atoms with Gasteiger partial charge in [-0.1, -0.05) is 11.2 Å². The van der Waals surface area contributed by atoms with Gasteiger partial charge in [0, 0.05) is 12.2 Å². The molecule has 1 fully saturated rings. The summed E-state index contributed by atoms with van der Waals surface area (Å²) in [6, 6.07) is 9.79. The third-order valence-corrected chi connectivity index (χ3v) is 4.52. The lowest BCUT2D eigenvalue weighted by molar-refractivity contribution is 0.385. The molecule has 0 amide bonds. The van der Waals surface area contributed by atoms with Gasteiger partial charge in [-0.3, -0.25) is 4.79 Å². The van der Waals surface area contributed by atoms with Crippen molar-refractivity contribution in [2.45, 2.75) is 32.2 Å². The second-order valence-corrected chi connectivity index (χ2v) is 6.35. The molecular formula is C19H19N3O3. The minimum Gasteiger partial charge on any atom is -0.497 e. The van der Waals surface area contributed by atoms with Crippen LogP contribution in [0.5, 0.6) is 5.75 Å². The van der Waals surface area contributed by atoms with Crippen LogP contribution in [-0.2, 0) is 6.42 Å². The molecule has 128 valence electrons. The molecule has 0 unspecified atom stereocenters. The Morgan fingerprint density at radius 2 is 2.16 bits per heavy atom. The summed E-state index contributed by atoms with van der Waals surface area (Å²) in [6.07, 6.45) is 4.45. The Kier molecular flexibility index (Phi) is 3.87. The molecule has 1 aliphatic rings. The largest absolute Gasteiger partial charge is 0.497 e. The molecule has 0 bridgehead atoms. The van der Waals surface area contributed by atoms with Crippen molar-refractivity contribution in [1.82, 2.24) is 14.7 Å². The molecule has 4 rings (SSSR count). The van der Waals surface area contributed by atoms with Crippen molar-refractivity contribution in [2.24, 2.45) is 0 Å². The van der Waals surface area contributed by atoms with Crippen LogP contribution in [0.4, 0.5) is 0 Å². The molecule has 0 radical (unpaired) electrons. The second kappa shape index (κ2) is 6.20. The third kappa shape index (κ3) is 3.07. The van der Waals surface area contributed by atoms with Crippen LogP contribution >= 0.6 is 0 Å². The van der Waals surface area contributed by atoms with Gasteiger partial charge in [0.05, 0.1) is 19.1 Å². The quantitative estimate of drug-likeness (QED) is 0.715. The predicted molar refractivity (Wildman–Crippen MR) is 92.8 cm³/mol. The minimum atomic E-state index is -0.0574. The van der Waals surface area contributed by atoms with Gasteiger partial charge in [0.1, 0.15) is 5.75 Å². The monoisotopic (exact) mass is 337 g/mol. The van der Waals surface area contributed by atoms with E-state index in [0.29, 0.717) is 29.7 Å². The van der Waals surface area contributed by atoms with Crippen LogP contribution in [0.2, 0.25) is 0 Å². The molecule has 0 saturated heterocycles. The van der Waals surface area contributed by atoms with Gasteiger partial charge < -0.3 is 13.8 Å². The van der Waals surface area contributed by atoms with Crippen molar-refractivity contribution >= 4 is 0 Å². The van der Waals surface area contributed by atoms with E-state index in [-0.39, 0.29) is 5.56 Å². The van der Waals surface area contributed by atoms with Crippen molar-refractivity contribution < 1.29 is 9.26 Å². The molecule has 0 atom stereocenters. The number of ether oxygens (including phenoxy) is 1. The molecule has 6 heteroatoms. The molecule has 2 aromatic heterocycles. The van der Waals surface area contributed by atoms with Gasteiger partial charge in [0.15, 0.2) is 0 Å². The van der Waals surface area contributed by atoms with Crippen molar-refractivity contribution in [3.05, 3.63) is 63.9 Å². The van der Waals surface area contributed by atoms with Crippen LogP contribution in [0.1, 0.15) is 35.9 Å². The molecule has 1 aliphatic carbocycles. The number of nitrogens with zero attached hydrogens (tertiary/aromatic N) is 3. The SMILES string of the molecule is COc1ccc(Cc2nc(-c3cccn(C4CC4)c3=O)no2)c(C)c1. The molecule has 0 aliphatic heterocycles. The lowest BCUT2D eigenvalue weighted by atomic mass is 10.1. The van der Waals surface area contributed by atoms with Crippen molar-refractivity contribution in [1.29, 1.82) is 0 Å². The Hall–Kier alpha value is -2.89. The Morgan fingerprint density at radius 3 is 2.88 bits per heavy atom. The summed E-state index contributed by atoms with van der Waals surface area (Å²) in [7, 11) is 1.65. The first-order chi connectivity index (χ1) is 12.2. The highest BCUT2D eigenvalue weighted by atomic mass is 16.5. The highest BCUT2D eigenvalue weighted by Crippen LogP contribution is 2.33. The number of benzene rings is 1. The van der Waals surface area contributed by atoms with Crippen LogP contribution < -0.4 is 10.3 Å². The van der Waals surface area contributed by atoms with Crippen molar-refractivity contribution in [3.8, 4) is 17.1 Å². The number of pyridine rings is 1. The minimum absolute atomic E-state index is 0.0574. The average molecular weight is 337 g/mol. The topological polar surface area (TPSA) is 70.2 Å². The molecule has 1 saturated carbocycles. The van der Waals surface area contributed by atoms with Crippen molar-refractivity contribution in [2.75, 3.05) is 7.11 Å². The number of hydrogen-bond acceptors (Lipinski definition) is 5. The number of aromatic nitrogens is 3. The Balaban J connectivity index is 1.61. The first-order valence-corrected chi connectivity index (χ1v) is 8.33. The lowest BCUT2D eigenvalue weighted by Gasteiger charge is -2.05. The number of rotatable bonds is 5. The second-order valence-electron chi connectivity index (χ2n) is 6.35. The van der Waals surface area contributed by atoms with E-state index in [2.05, 4.69) is 10.1 Å². The number of methoxy groups -OCH3 is 1. The zero-order valence-electron chi connectivity index (χ0n) is 14.2. The number of aryl methyl sites for hydroxylation is 1. The summed E-state index contributed by atoms with van der Waals surface area (Å²) >= 11 is 0. The lowest BCUT2D eigenvalue weighted by Crippen LogP contribution is -2.20. The predicted octanol–water partition coefficient (Wildman–Crippen LogP) is 3.14. The van der Waals surface area contributed by atoms with Crippen LogP contribution in [0, 0.1) is 6.92 Å². The Morgan fingerprint density at radius 1 is 1.32 bits per heavy atom. The summed E-state index contributed by atoms with van der Waals surface area (Å²) in [5.41, 5.74) is 2.60. The maximum Gasteiger partial charge on any atom is 0.262 e. The Labute approximate surface area is 145 Å². The highest BCUT2D eigenvalue weighted by Gasteiger charge is 2.25. The smallest absolute Gasteiger partial charge is 0.262 e. The van der Waals surface area contributed by atoms with Crippen molar-refractivity contribution in [3.63, 3.8) is 0 Å². The van der Waals surface area contributed by atoms with Crippen LogP contribution in [0.3, 0.4) is 0 Å². The first kappa shape index (κ1) is 15.6. The van der Waals surface area contributed by atoms with E-state index < -0.39 is 0 Å². The maximum atomic E-state index is 12.6. The first-order valence-electron chi connectivity index (χ1n) is 8.33. The molecule has 0 spiro atoms. The third-order valence-electron chi connectivity index (χ3n) is 4.52. The van der Waals surface area contributed by atoms with Gasteiger partial charge >= 0.3 is 0 Å². The van der Waals surface area contributed by atoms with E-state index in [0.717, 1.165) is 29.7 Å². The average Bonchev–Trinajstić information content (AvgIpc) is 3.36. The van der Waals surface area contributed by atoms with E-state index in [1.807, 2.05) is 37.4 Å². The van der Waals surface area contributed by atoms with Crippen LogP contribution in [-0.4, -0.2) is 21.8 Å². The zero-order valence-corrected chi connectivity index (χ0v) is 14.2. The van der Waals surface area contributed by atoms with E-state index >= 15 is 0 Å². The van der Waals surface area contributed by atoms with Gasteiger partial charge in [-0.15, -0.1) is 0 Å². The standard InChI is InChI=1S/C19H19N3O3/c1-12-10-15(24-2)8-5-13(12)11-17-20-18(21-25-17)16-4-3-9-22(19(16)23)14-6-7-14/h3-5,8-10,14H,6-7,11H2,1-2H3. The summed E-state index contributed by atoms with van der Waals surface area (Å²) in [5, 5.41) is 4.00. The maximum absolute atomic E-state index is 12.6.